The summed E-state index contributed by atoms with van der Waals surface area (Å²) in [6.07, 6.45) is 2.82. The Morgan fingerprint density at radius 3 is 2.15 bits per heavy atom. The molecule has 1 aliphatic heterocycles. The fourth-order valence-electron chi connectivity index (χ4n) is 3.76. The second kappa shape index (κ2) is 9.62. The lowest BCUT2D eigenvalue weighted by Crippen LogP contribution is -2.45. The summed E-state index contributed by atoms with van der Waals surface area (Å²) >= 11 is 0. The highest BCUT2D eigenvalue weighted by Gasteiger charge is 2.47. The van der Waals surface area contributed by atoms with Gasteiger partial charge in [0, 0.05) is 18.9 Å². The number of carbonyl (C=O) groups is 2. The fraction of sp³-hybridized carbons (Fsp3) is 0.208. The number of hydrogen-bond donors (Lipinski definition) is 0. The van der Waals surface area contributed by atoms with Gasteiger partial charge in [-0.15, -0.1) is 0 Å². The van der Waals surface area contributed by atoms with Crippen molar-refractivity contribution in [1.29, 1.82) is 0 Å². The van der Waals surface area contributed by atoms with Crippen molar-refractivity contribution in [3.05, 3.63) is 78.6 Å². The van der Waals surface area contributed by atoms with Crippen LogP contribution in [0.5, 0.6) is 11.5 Å². The number of anilines is 1. The average Bonchev–Trinajstić information content (AvgIpc) is 3.16. The number of hydrogen-bond acceptors (Lipinski definition) is 7. The van der Waals surface area contributed by atoms with E-state index in [1.54, 1.807) is 42.6 Å². The summed E-state index contributed by atoms with van der Waals surface area (Å²) in [5.41, 5.74) is 0.934. The normalized spacial score (nSPS) is 16.2. The molecule has 2 heterocycles. The molecular weight excluding hydrogens is 458 g/mol. The molecule has 0 bridgehead atoms. The van der Waals surface area contributed by atoms with Gasteiger partial charge in [-0.1, -0.05) is 6.07 Å². The van der Waals surface area contributed by atoms with Gasteiger partial charge in [-0.2, -0.15) is 4.31 Å². The molecule has 1 aromatic heterocycles. The molecule has 176 valence electrons. The van der Waals surface area contributed by atoms with Crippen LogP contribution in [0.4, 0.5) is 5.69 Å². The lowest BCUT2D eigenvalue weighted by molar-refractivity contribution is -0.122. The summed E-state index contributed by atoms with van der Waals surface area (Å²) < 4.78 is 38.6. The molecule has 3 aromatic rings. The Kier molecular flexibility index (Phi) is 6.62. The lowest BCUT2D eigenvalue weighted by atomic mass is 10.2. The Bertz CT molecular complexity index is 1280. The van der Waals surface area contributed by atoms with Crippen molar-refractivity contribution < 1.29 is 27.5 Å². The van der Waals surface area contributed by atoms with Crippen molar-refractivity contribution in [2.75, 3.05) is 19.1 Å². The number of rotatable bonds is 8. The highest BCUT2D eigenvalue weighted by molar-refractivity contribution is 7.89. The van der Waals surface area contributed by atoms with Crippen LogP contribution in [-0.4, -0.2) is 49.8 Å². The molecule has 1 atom stereocenters. The van der Waals surface area contributed by atoms with Gasteiger partial charge in [-0.05, 0) is 60.2 Å². The van der Waals surface area contributed by atoms with Crippen molar-refractivity contribution in [2.24, 2.45) is 0 Å². The lowest BCUT2D eigenvalue weighted by Gasteiger charge is -2.27. The Hall–Kier alpha value is -3.76. The number of benzene rings is 2. The molecule has 2 aromatic carbocycles. The zero-order valence-corrected chi connectivity index (χ0v) is 19.4. The van der Waals surface area contributed by atoms with E-state index in [-0.39, 0.29) is 17.9 Å². The number of aromatic nitrogens is 1. The largest absolute Gasteiger partial charge is 0.497 e. The summed E-state index contributed by atoms with van der Waals surface area (Å²) in [7, 11) is -1.16. The summed E-state index contributed by atoms with van der Waals surface area (Å²) in [6.45, 7) is -0.123. The predicted molar refractivity (Wildman–Crippen MR) is 124 cm³/mol. The van der Waals surface area contributed by atoms with Gasteiger partial charge in [0.25, 0.3) is 5.91 Å². The van der Waals surface area contributed by atoms with Gasteiger partial charge in [0.2, 0.25) is 15.9 Å². The first-order valence-corrected chi connectivity index (χ1v) is 11.8. The fourth-order valence-corrected chi connectivity index (χ4v) is 5.33. The standard InChI is InChI=1S/C24H23N3O6S/c1-32-19-7-5-18(6-8-19)27-23(28)14-22(24(27)29)26(16-17-4-3-13-25-15-17)34(30,31)21-11-9-20(33-2)10-12-21/h3-13,15,22H,14,16H2,1-2H3. The quantitative estimate of drug-likeness (QED) is 0.455. The molecule has 2 amide bonds. The summed E-state index contributed by atoms with van der Waals surface area (Å²) in [5.74, 6) is -0.0346. The molecule has 1 saturated heterocycles. The number of imide groups is 1. The molecule has 4 rings (SSSR count). The minimum atomic E-state index is -4.15. The number of amides is 2. The van der Waals surface area contributed by atoms with Crippen molar-refractivity contribution in [3.8, 4) is 11.5 Å². The van der Waals surface area contributed by atoms with Crippen LogP contribution in [0.3, 0.4) is 0 Å². The molecule has 1 fully saturated rings. The Morgan fingerprint density at radius 1 is 0.971 bits per heavy atom. The predicted octanol–water partition coefficient (Wildman–Crippen LogP) is 2.62. The number of methoxy groups -OCH3 is 2. The SMILES string of the molecule is COc1ccc(N2C(=O)CC(N(Cc3cccnc3)S(=O)(=O)c3ccc(OC)cc3)C2=O)cc1. The maximum absolute atomic E-state index is 13.7. The third-order valence-electron chi connectivity index (χ3n) is 5.53. The third-order valence-corrected chi connectivity index (χ3v) is 7.40. The average molecular weight is 482 g/mol. The molecular formula is C24H23N3O6S. The molecule has 34 heavy (non-hydrogen) atoms. The van der Waals surface area contributed by atoms with Gasteiger partial charge in [-0.25, -0.2) is 13.3 Å². The molecule has 0 spiro atoms. The second-order valence-corrected chi connectivity index (χ2v) is 9.46. The number of sulfonamides is 1. The molecule has 0 N–H and O–H groups in total. The van der Waals surface area contributed by atoms with E-state index in [0.29, 0.717) is 22.7 Å². The molecule has 0 saturated carbocycles. The van der Waals surface area contributed by atoms with Crippen LogP contribution in [0.2, 0.25) is 0 Å². The number of nitrogens with zero attached hydrogens (tertiary/aromatic N) is 3. The monoisotopic (exact) mass is 481 g/mol. The Morgan fingerprint density at radius 2 is 1.59 bits per heavy atom. The van der Waals surface area contributed by atoms with E-state index >= 15 is 0 Å². The van der Waals surface area contributed by atoms with E-state index in [0.717, 1.165) is 9.21 Å². The van der Waals surface area contributed by atoms with E-state index in [1.807, 2.05) is 0 Å². The first kappa shape index (κ1) is 23.4. The first-order chi connectivity index (χ1) is 16.3. The maximum atomic E-state index is 13.7. The van der Waals surface area contributed by atoms with E-state index in [9.17, 15) is 18.0 Å². The minimum absolute atomic E-state index is 0.0136. The van der Waals surface area contributed by atoms with Crippen LogP contribution >= 0.6 is 0 Å². The van der Waals surface area contributed by atoms with Gasteiger partial charge in [0.15, 0.2) is 0 Å². The van der Waals surface area contributed by atoms with E-state index < -0.39 is 27.9 Å². The zero-order chi connectivity index (χ0) is 24.3. The topological polar surface area (TPSA) is 106 Å². The van der Waals surface area contributed by atoms with Crippen LogP contribution in [0, 0.1) is 0 Å². The summed E-state index contributed by atoms with van der Waals surface area (Å²) in [4.78, 5) is 31.3. The van der Waals surface area contributed by atoms with E-state index in [1.165, 1.54) is 44.7 Å². The van der Waals surface area contributed by atoms with Crippen LogP contribution in [0.25, 0.3) is 0 Å². The molecule has 0 aliphatic carbocycles. The Labute approximate surface area is 197 Å². The van der Waals surface area contributed by atoms with E-state index in [4.69, 9.17) is 9.47 Å². The second-order valence-electron chi connectivity index (χ2n) is 7.57. The van der Waals surface area contributed by atoms with E-state index in [2.05, 4.69) is 4.98 Å². The molecule has 10 heteroatoms. The van der Waals surface area contributed by atoms with Gasteiger partial charge >= 0.3 is 0 Å². The highest BCUT2D eigenvalue weighted by Crippen LogP contribution is 2.31. The smallest absolute Gasteiger partial charge is 0.252 e. The van der Waals surface area contributed by atoms with Crippen LogP contribution in [-0.2, 0) is 26.2 Å². The minimum Gasteiger partial charge on any atom is -0.497 e. The maximum Gasteiger partial charge on any atom is 0.252 e. The molecule has 1 aliphatic rings. The van der Waals surface area contributed by atoms with Gasteiger partial charge in [0.05, 0.1) is 31.2 Å². The zero-order valence-electron chi connectivity index (χ0n) is 18.6. The van der Waals surface area contributed by atoms with Crippen molar-refractivity contribution >= 4 is 27.5 Å². The van der Waals surface area contributed by atoms with Gasteiger partial charge < -0.3 is 9.47 Å². The van der Waals surface area contributed by atoms with Gasteiger partial charge in [-0.3, -0.25) is 14.6 Å². The number of pyridine rings is 1. The first-order valence-electron chi connectivity index (χ1n) is 10.4. The summed E-state index contributed by atoms with van der Waals surface area (Å²) in [5, 5.41) is 0. The highest BCUT2D eigenvalue weighted by atomic mass is 32.2. The van der Waals surface area contributed by atoms with Gasteiger partial charge in [0.1, 0.15) is 17.5 Å². The molecule has 1 unspecified atom stereocenters. The summed E-state index contributed by atoms with van der Waals surface area (Å²) in [6, 6.07) is 14.5. The van der Waals surface area contributed by atoms with Crippen molar-refractivity contribution in [2.45, 2.75) is 23.9 Å². The van der Waals surface area contributed by atoms with Crippen LogP contribution in [0.15, 0.2) is 78.0 Å². The number of carbonyl (C=O) groups excluding carboxylic acids is 2. The molecule has 9 nitrogen and oxygen atoms in total. The molecule has 0 radical (unpaired) electrons. The third kappa shape index (κ3) is 4.50. The van der Waals surface area contributed by atoms with Crippen LogP contribution < -0.4 is 14.4 Å². The Balaban J connectivity index is 1.72. The van der Waals surface area contributed by atoms with Crippen LogP contribution in [0.1, 0.15) is 12.0 Å². The van der Waals surface area contributed by atoms with Crippen molar-refractivity contribution in [3.63, 3.8) is 0 Å². The van der Waals surface area contributed by atoms with Crippen molar-refractivity contribution in [1.82, 2.24) is 9.29 Å². The number of ether oxygens (including phenoxy) is 2.